The van der Waals surface area contributed by atoms with Gasteiger partial charge in [-0.1, -0.05) is 0 Å². The van der Waals surface area contributed by atoms with Crippen LogP contribution in [0.5, 0.6) is 0 Å². The fraction of sp³-hybridized carbons (Fsp3) is 0.667. The van der Waals surface area contributed by atoms with E-state index in [1.807, 2.05) is 27.8 Å². The molecule has 0 amide bonds. The van der Waals surface area contributed by atoms with Crippen LogP contribution in [0.15, 0.2) is 6.20 Å². The molecule has 1 aromatic rings. The number of aryl methyl sites for hydroxylation is 1. The zero-order chi connectivity index (χ0) is 10.1. The summed E-state index contributed by atoms with van der Waals surface area (Å²) in [6, 6.07) is 0. The van der Waals surface area contributed by atoms with Gasteiger partial charge in [0.15, 0.2) is 0 Å². The monoisotopic (exact) mass is 183 g/mol. The zero-order valence-corrected chi connectivity index (χ0v) is 8.66. The molecule has 0 bridgehead atoms. The molecule has 1 aromatic heterocycles. The maximum atomic E-state index is 5.71. The minimum atomic E-state index is -0.142. The summed E-state index contributed by atoms with van der Waals surface area (Å²) in [5.74, 6) is 0. The lowest BCUT2D eigenvalue weighted by atomic mass is 10.2. The lowest BCUT2D eigenvalue weighted by Gasteiger charge is -2.19. The molecule has 0 aliphatic rings. The first-order chi connectivity index (χ1) is 5.90. The van der Waals surface area contributed by atoms with E-state index in [-0.39, 0.29) is 5.60 Å². The van der Waals surface area contributed by atoms with Crippen molar-refractivity contribution in [2.75, 3.05) is 5.73 Å². The summed E-state index contributed by atoms with van der Waals surface area (Å²) < 4.78 is 7.33. The molecule has 0 radical (unpaired) electrons. The van der Waals surface area contributed by atoms with Crippen LogP contribution in [0.4, 0.5) is 5.69 Å². The Morgan fingerprint density at radius 2 is 2.15 bits per heavy atom. The van der Waals surface area contributed by atoms with Crippen molar-refractivity contribution in [3.8, 4) is 0 Å². The van der Waals surface area contributed by atoms with Gasteiger partial charge in [-0.3, -0.25) is 4.68 Å². The second-order valence-corrected chi connectivity index (χ2v) is 4.07. The van der Waals surface area contributed by atoms with Crippen molar-refractivity contribution in [1.29, 1.82) is 0 Å². The number of ether oxygens (including phenoxy) is 1. The van der Waals surface area contributed by atoms with E-state index >= 15 is 0 Å². The molecule has 0 aliphatic carbocycles. The molecular formula is C9H17N3O. The van der Waals surface area contributed by atoms with Crippen LogP contribution in [-0.4, -0.2) is 15.4 Å². The summed E-state index contributed by atoms with van der Waals surface area (Å²) in [5, 5.41) is 4.03. The molecule has 0 unspecified atom stereocenters. The number of anilines is 1. The van der Waals surface area contributed by atoms with Crippen LogP contribution in [0.1, 0.15) is 26.5 Å². The third-order valence-electron chi connectivity index (χ3n) is 1.74. The highest BCUT2D eigenvalue weighted by molar-refractivity contribution is 5.40. The average Bonchev–Trinajstić information content (AvgIpc) is 2.27. The Morgan fingerprint density at radius 3 is 2.54 bits per heavy atom. The SMILES string of the molecule is Cn1ncc(N)c1COC(C)(C)C. The zero-order valence-electron chi connectivity index (χ0n) is 8.66. The minimum absolute atomic E-state index is 0.142. The summed E-state index contributed by atoms with van der Waals surface area (Å²) in [5.41, 5.74) is 7.18. The van der Waals surface area contributed by atoms with E-state index in [0.29, 0.717) is 12.3 Å². The van der Waals surface area contributed by atoms with E-state index in [0.717, 1.165) is 5.69 Å². The van der Waals surface area contributed by atoms with Crippen LogP contribution >= 0.6 is 0 Å². The third kappa shape index (κ3) is 2.73. The molecule has 2 N–H and O–H groups in total. The van der Waals surface area contributed by atoms with Crippen LogP contribution < -0.4 is 5.73 Å². The summed E-state index contributed by atoms with van der Waals surface area (Å²) in [6.45, 7) is 6.55. The van der Waals surface area contributed by atoms with Gasteiger partial charge < -0.3 is 10.5 Å². The predicted octanol–water partition coefficient (Wildman–Crippen LogP) is 1.32. The van der Waals surface area contributed by atoms with E-state index in [4.69, 9.17) is 10.5 Å². The Hall–Kier alpha value is -1.03. The normalized spacial score (nSPS) is 12.0. The fourth-order valence-electron chi connectivity index (χ4n) is 0.941. The van der Waals surface area contributed by atoms with Crippen LogP contribution in [0.3, 0.4) is 0 Å². The second-order valence-electron chi connectivity index (χ2n) is 4.07. The molecule has 0 saturated heterocycles. The molecule has 0 aromatic carbocycles. The third-order valence-corrected chi connectivity index (χ3v) is 1.74. The summed E-state index contributed by atoms with van der Waals surface area (Å²) >= 11 is 0. The second kappa shape index (κ2) is 3.38. The number of hydrogen-bond donors (Lipinski definition) is 1. The molecule has 1 rings (SSSR count). The van der Waals surface area contributed by atoms with Gasteiger partial charge in [0.05, 0.1) is 29.8 Å². The average molecular weight is 183 g/mol. The van der Waals surface area contributed by atoms with Crippen LogP contribution in [0, 0.1) is 0 Å². The van der Waals surface area contributed by atoms with Crippen molar-refractivity contribution in [1.82, 2.24) is 9.78 Å². The fourth-order valence-corrected chi connectivity index (χ4v) is 0.941. The first kappa shape index (κ1) is 10.1. The highest BCUT2D eigenvalue weighted by Crippen LogP contribution is 2.15. The number of nitrogens with zero attached hydrogens (tertiary/aromatic N) is 2. The molecule has 0 atom stereocenters. The van der Waals surface area contributed by atoms with Crippen LogP contribution in [-0.2, 0) is 18.4 Å². The van der Waals surface area contributed by atoms with Crippen molar-refractivity contribution in [3.05, 3.63) is 11.9 Å². The van der Waals surface area contributed by atoms with Gasteiger partial charge in [-0.25, -0.2) is 0 Å². The molecular weight excluding hydrogens is 166 g/mol. The Balaban J connectivity index is 2.64. The smallest absolute Gasteiger partial charge is 0.0912 e. The topological polar surface area (TPSA) is 53.1 Å². The van der Waals surface area contributed by atoms with E-state index < -0.39 is 0 Å². The van der Waals surface area contributed by atoms with Gasteiger partial charge >= 0.3 is 0 Å². The molecule has 0 fully saturated rings. The highest BCUT2D eigenvalue weighted by atomic mass is 16.5. The van der Waals surface area contributed by atoms with Crippen molar-refractivity contribution in [2.24, 2.45) is 7.05 Å². The molecule has 0 spiro atoms. The summed E-state index contributed by atoms with van der Waals surface area (Å²) in [4.78, 5) is 0. The van der Waals surface area contributed by atoms with Crippen molar-refractivity contribution in [3.63, 3.8) is 0 Å². The van der Waals surface area contributed by atoms with Gasteiger partial charge in [-0.05, 0) is 20.8 Å². The molecule has 4 nitrogen and oxygen atoms in total. The number of aromatic nitrogens is 2. The Bertz CT molecular complexity index is 266. The molecule has 0 aliphatic heterocycles. The molecule has 74 valence electrons. The van der Waals surface area contributed by atoms with E-state index in [1.54, 1.807) is 10.9 Å². The quantitative estimate of drug-likeness (QED) is 0.752. The molecule has 4 heteroatoms. The van der Waals surface area contributed by atoms with Crippen LogP contribution in [0.2, 0.25) is 0 Å². The first-order valence-electron chi connectivity index (χ1n) is 4.30. The lowest BCUT2D eigenvalue weighted by molar-refractivity contribution is -0.0174. The highest BCUT2D eigenvalue weighted by Gasteiger charge is 2.13. The van der Waals surface area contributed by atoms with Gasteiger partial charge in [-0.2, -0.15) is 5.10 Å². The maximum Gasteiger partial charge on any atom is 0.0912 e. The number of nitrogens with two attached hydrogens (primary N) is 1. The van der Waals surface area contributed by atoms with Gasteiger partial charge in [0, 0.05) is 7.05 Å². The van der Waals surface area contributed by atoms with Crippen LogP contribution in [0.25, 0.3) is 0 Å². The lowest BCUT2D eigenvalue weighted by Crippen LogP contribution is -2.20. The summed E-state index contributed by atoms with van der Waals surface area (Å²) in [6.07, 6.45) is 1.64. The first-order valence-corrected chi connectivity index (χ1v) is 4.30. The van der Waals surface area contributed by atoms with Gasteiger partial charge in [0.25, 0.3) is 0 Å². The Labute approximate surface area is 78.7 Å². The summed E-state index contributed by atoms with van der Waals surface area (Å²) in [7, 11) is 1.86. The van der Waals surface area contributed by atoms with E-state index in [2.05, 4.69) is 5.10 Å². The van der Waals surface area contributed by atoms with Crippen molar-refractivity contribution in [2.45, 2.75) is 33.0 Å². The Kier molecular flexibility index (Phi) is 2.61. The van der Waals surface area contributed by atoms with Crippen molar-refractivity contribution >= 4 is 5.69 Å². The molecule has 13 heavy (non-hydrogen) atoms. The van der Waals surface area contributed by atoms with Gasteiger partial charge in [0.2, 0.25) is 0 Å². The standard InChI is InChI=1S/C9H17N3O/c1-9(2,3)13-6-8-7(10)5-11-12(8)4/h5H,6,10H2,1-4H3. The van der Waals surface area contributed by atoms with Gasteiger partial charge in [0.1, 0.15) is 0 Å². The maximum absolute atomic E-state index is 5.71. The van der Waals surface area contributed by atoms with Crippen molar-refractivity contribution < 1.29 is 4.74 Å². The molecule has 1 heterocycles. The number of nitrogen functional groups attached to an aromatic ring is 1. The van der Waals surface area contributed by atoms with Gasteiger partial charge in [-0.15, -0.1) is 0 Å². The Morgan fingerprint density at radius 1 is 1.54 bits per heavy atom. The largest absolute Gasteiger partial charge is 0.396 e. The minimum Gasteiger partial charge on any atom is -0.396 e. The van der Waals surface area contributed by atoms with E-state index in [9.17, 15) is 0 Å². The molecule has 0 saturated carbocycles. The number of rotatable bonds is 2. The predicted molar refractivity (Wildman–Crippen MR) is 52.2 cm³/mol. The number of hydrogen-bond acceptors (Lipinski definition) is 3. The van der Waals surface area contributed by atoms with E-state index in [1.165, 1.54) is 0 Å².